The summed E-state index contributed by atoms with van der Waals surface area (Å²) >= 11 is 0. The maximum absolute atomic E-state index is 5.61. The Balaban J connectivity index is 1.93. The summed E-state index contributed by atoms with van der Waals surface area (Å²) in [7, 11) is 0. The molecule has 3 rings (SSSR count). The third-order valence-corrected chi connectivity index (χ3v) is 3.32. The van der Waals surface area contributed by atoms with Crippen molar-refractivity contribution >= 4 is 11.4 Å². The minimum absolute atomic E-state index is 0.595. The maximum atomic E-state index is 5.61. The van der Waals surface area contributed by atoms with E-state index in [0.717, 1.165) is 0 Å². The van der Waals surface area contributed by atoms with E-state index < -0.39 is 0 Å². The second-order valence-electron chi connectivity index (χ2n) is 4.94. The predicted molar refractivity (Wildman–Crippen MR) is 78.1 cm³/mol. The molecule has 0 N–H and O–H groups in total. The zero-order valence-corrected chi connectivity index (χ0v) is 11.3. The lowest BCUT2D eigenvalue weighted by Crippen LogP contribution is -2.36. The molecule has 1 aliphatic heterocycles. The Bertz CT molecular complexity index is 531. The van der Waals surface area contributed by atoms with Gasteiger partial charge in [-0.3, -0.25) is 10.0 Å². The van der Waals surface area contributed by atoms with Crippen molar-refractivity contribution in [2.45, 2.75) is 13.8 Å². The first kappa shape index (κ1) is 12.1. The van der Waals surface area contributed by atoms with Gasteiger partial charge in [0.2, 0.25) is 0 Å². The monoisotopic (exact) mass is 254 g/mol. The van der Waals surface area contributed by atoms with Crippen LogP contribution in [0.15, 0.2) is 48.5 Å². The second kappa shape index (κ2) is 4.94. The van der Waals surface area contributed by atoms with Gasteiger partial charge in [-0.05, 0) is 49.2 Å². The molecule has 0 spiro atoms. The van der Waals surface area contributed by atoms with E-state index in [0.29, 0.717) is 13.5 Å². The van der Waals surface area contributed by atoms with Crippen LogP contribution in [0.25, 0.3) is 0 Å². The highest BCUT2D eigenvalue weighted by Crippen LogP contribution is 2.27. The molecule has 98 valence electrons. The number of ether oxygens (including phenoxy) is 1. The van der Waals surface area contributed by atoms with Gasteiger partial charge in [0, 0.05) is 0 Å². The van der Waals surface area contributed by atoms with Crippen molar-refractivity contribution in [2.24, 2.45) is 0 Å². The van der Waals surface area contributed by atoms with E-state index in [4.69, 9.17) is 4.74 Å². The quantitative estimate of drug-likeness (QED) is 0.816. The van der Waals surface area contributed by atoms with Crippen molar-refractivity contribution < 1.29 is 4.74 Å². The first-order valence-electron chi connectivity index (χ1n) is 6.50. The van der Waals surface area contributed by atoms with E-state index in [1.54, 1.807) is 0 Å². The first-order chi connectivity index (χ1) is 9.24. The molecule has 2 aromatic rings. The van der Waals surface area contributed by atoms with Crippen molar-refractivity contribution in [1.29, 1.82) is 0 Å². The average molecular weight is 254 g/mol. The lowest BCUT2D eigenvalue weighted by Gasteiger charge is -2.29. The van der Waals surface area contributed by atoms with Crippen molar-refractivity contribution in [3.05, 3.63) is 59.7 Å². The zero-order valence-electron chi connectivity index (χ0n) is 11.3. The second-order valence-corrected chi connectivity index (χ2v) is 4.94. The van der Waals surface area contributed by atoms with E-state index in [1.807, 2.05) is 0 Å². The summed E-state index contributed by atoms with van der Waals surface area (Å²) in [4.78, 5) is 0. The van der Waals surface area contributed by atoms with Crippen molar-refractivity contribution in [2.75, 3.05) is 23.5 Å². The van der Waals surface area contributed by atoms with Crippen LogP contribution in [0, 0.1) is 13.8 Å². The lowest BCUT2D eigenvalue weighted by molar-refractivity contribution is 0.198. The molecule has 1 saturated heterocycles. The molecular formula is C16H18N2O. The van der Waals surface area contributed by atoms with Gasteiger partial charge in [-0.2, -0.15) is 0 Å². The normalized spacial score (nSPS) is 15.1. The van der Waals surface area contributed by atoms with Crippen LogP contribution in [0.3, 0.4) is 0 Å². The van der Waals surface area contributed by atoms with Gasteiger partial charge in [0.25, 0.3) is 0 Å². The predicted octanol–water partition coefficient (Wildman–Crippen LogP) is 3.48. The minimum Gasteiger partial charge on any atom is -0.337 e. The van der Waals surface area contributed by atoms with Crippen LogP contribution in [0.5, 0.6) is 0 Å². The van der Waals surface area contributed by atoms with Gasteiger partial charge in [-0.15, -0.1) is 0 Å². The summed E-state index contributed by atoms with van der Waals surface area (Å²) in [6.45, 7) is 5.41. The van der Waals surface area contributed by atoms with Crippen molar-refractivity contribution in [3.8, 4) is 0 Å². The molecule has 1 heterocycles. The number of benzene rings is 2. The molecule has 0 atom stereocenters. The Morgan fingerprint density at radius 3 is 1.68 bits per heavy atom. The minimum atomic E-state index is 0.595. The zero-order chi connectivity index (χ0) is 13.2. The van der Waals surface area contributed by atoms with Crippen LogP contribution in [0.4, 0.5) is 11.4 Å². The first-order valence-corrected chi connectivity index (χ1v) is 6.50. The van der Waals surface area contributed by atoms with E-state index in [1.165, 1.54) is 22.5 Å². The molecule has 0 radical (unpaired) electrons. The molecule has 1 fully saturated rings. The Morgan fingerprint density at radius 1 is 0.789 bits per heavy atom. The van der Waals surface area contributed by atoms with Gasteiger partial charge in [-0.1, -0.05) is 24.3 Å². The number of anilines is 2. The number of hydrogen-bond acceptors (Lipinski definition) is 3. The Kier molecular flexibility index (Phi) is 3.13. The molecule has 0 unspecified atom stereocenters. The van der Waals surface area contributed by atoms with Crippen molar-refractivity contribution in [3.63, 3.8) is 0 Å². The van der Waals surface area contributed by atoms with Gasteiger partial charge in [0.15, 0.2) is 0 Å². The largest absolute Gasteiger partial charge is 0.337 e. The van der Waals surface area contributed by atoms with Gasteiger partial charge >= 0.3 is 0 Å². The number of aryl methyl sites for hydroxylation is 2. The molecule has 0 aliphatic carbocycles. The standard InChI is InChI=1S/C16H18N2O/c1-13-5-3-7-15(9-13)17-11-19-12-18(17)16-8-4-6-14(2)10-16/h3-10H,11-12H2,1-2H3. The highest BCUT2D eigenvalue weighted by atomic mass is 16.5. The topological polar surface area (TPSA) is 15.7 Å². The fourth-order valence-corrected chi connectivity index (χ4v) is 2.36. The third kappa shape index (κ3) is 2.42. The molecule has 19 heavy (non-hydrogen) atoms. The van der Waals surface area contributed by atoms with Crippen LogP contribution < -0.4 is 10.0 Å². The van der Waals surface area contributed by atoms with E-state index >= 15 is 0 Å². The molecule has 3 heteroatoms. The Hall–Kier alpha value is -2.00. The molecule has 0 amide bonds. The molecule has 0 saturated carbocycles. The van der Waals surface area contributed by atoms with Crippen molar-refractivity contribution in [1.82, 2.24) is 0 Å². The summed E-state index contributed by atoms with van der Waals surface area (Å²) in [6, 6.07) is 17.0. The fraction of sp³-hybridized carbons (Fsp3) is 0.250. The Morgan fingerprint density at radius 2 is 1.26 bits per heavy atom. The van der Waals surface area contributed by atoms with Crippen LogP contribution in [0.1, 0.15) is 11.1 Å². The van der Waals surface area contributed by atoms with Crippen LogP contribution in [-0.4, -0.2) is 13.5 Å². The van der Waals surface area contributed by atoms with Gasteiger partial charge in [0.05, 0.1) is 11.4 Å². The summed E-state index contributed by atoms with van der Waals surface area (Å²) in [5, 5.41) is 4.34. The van der Waals surface area contributed by atoms with E-state index in [9.17, 15) is 0 Å². The highest BCUT2D eigenvalue weighted by Gasteiger charge is 2.23. The molecule has 0 bridgehead atoms. The highest BCUT2D eigenvalue weighted by molar-refractivity contribution is 5.59. The number of nitrogens with zero attached hydrogens (tertiary/aromatic N) is 2. The number of hydrogen-bond donors (Lipinski definition) is 0. The summed E-state index contributed by atoms with van der Waals surface area (Å²) in [6.07, 6.45) is 0. The number of rotatable bonds is 2. The van der Waals surface area contributed by atoms with Gasteiger partial charge < -0.3 is 4.74 Å². The van der Waals surface area contributed by atoms with E-state index in [2.05, 4.69) is 72.4 Å². The average Bonchev–Trinajstić information content (AvgIpc) is 2.88. The van der Waals surface area contributed by atoms with Crippen LogP contribution in [-0.2, 0) is 4.74 Å². The van der Waals surface area contributed by atoms with Gasteiger partial charge in [-0.25, -0.2) is 0 Å². The Labute approximate surface area is 114 Å². The van der Waals surface area contributed by atoms with Gasteiger partial charge in [0.1, 0.15) is 13.5 Å². The maximum Gasteiger partial charge on any atom is 0.140 e. The summed E-state index contributed by atoms with van der Waals surface area (Å²) in [5.41, 5.74) is 4.85. The molecular weight excluding hydrogens is 236 g/mol. The lowest BCUT2D eigenvalue weighted by atomic mass is 10.2. The molecule has 0 aromatic heterocycles. The summed E-state index contributed by atoms with van der Waals surface area (Å²) in [5.74, 6) is 0. The molecule has 1 aliphatic rings. The molecule has 2 aromatic carbocycles. The molecule has 3 nitrogen and oxygen atoms in total. The fourth-order valence-electron chi connectivity index (χ4n) is 2.36. The smallest absolute Gasteiger partial charge is 0.140 e. The number of hydrazine groups is 1. The third-order valence-electron chi connectivity index (χ3n) is 3.32. The SMILES string of the molecule is Cc1cccc(N2COCN2c2cccc(C)c2)c1. The van der Waals surface area contributed by atoms with Crippen LogP contribution >= 0.6 is 0 Å². The summed E-state index contributed by atoms with van der Waals surface area (Å²) < 4.78 is 5.61. The van der Waals surface area contributed by atoms with Crippen LogP contribution in [0.2, 0.25) is 0 Å². The van der Waals surface area contributed by atoms with E-state index in [-0.39, 0.29) is 0 Å².